The van der Waals surface area contributed by atoms with Gasteiger partial charge in [-0.25, -0.2) is 0 Å². The maximum Gasteiger partial charge on any atom is 0.0355 e. The first kappa shape index (κ1) is 10.4. The highest BCUT2D eigenvalue weighted by Crippen LogP contribution is 2.41. The Labute approximate surface area is 87.2 Å². The summed E-state index contributed by atoms with van der Waals surface area (Å²) in [5.74, 6) is 0. The molecule has 0 radical (unpaired) electrons. The fraction of sp³-hybridized carbons (Fsp3) is 1.00. The molecule has 0 saturated carbocycles. The summed E-state index contributed by atoms with van der Waals surface area (Å²) in [4.78, 5) is 4.92. The molecule has 0 aromatic rings. The van der Waals surface area contributed by atoms with E-state index in [1.54, 1.807) is 0 Å². The number of hydrogen-bond donors (Lipinski definition) is 1. The summed E-state index contributed by atoms with van der Waals surface area (Å²) in [6, 6.07) is 1.55. The number of nitrogens with two attached hydrogens (primary N) is 1. The van der Waals surface area contributed by atoms with Crippen molar-refractivity contribution < 1.29 is 0 Å². The SMILES string of the molecule is CN1C2CCC1CC(CN)(N(C)C)C2. The molecule has 0 aliphatic carbocycles. The number of piperidine rings is 1. The van der Waals surface area contributed by atoms with Gasteiger partial charge in [0.25, 0.3) is 0 Å². The zero-order chi connectivity index (χ0) is 10.3. The molecule has 82 valence electrons. The molecule has 2 bridgehead atoms. The number of likely N-dealkylation sites (N-methyl/N-ethyl adjacent to an activating group) is 1. The Morgan fingerprint density at radius 1 is 1.29 bits per heavy atom. The first-order valence-corrected chi connectivity index (χ1v) is 5.68. The van der Waals surface area contributed by atoms with Crippen molar-refractivity contribution in [3.63, 3.8) is 0 Å². The quantitative estimate of drug-likeness (QED) is 0.700. The van der Waals surface area contributed by atoms with Gasteiger partial charge in [0.15, 0.2) is 0 Å². The number of fused-ring (bicyclic) bond motifs is 2. The van der Waals surface area contributed by atoms with E-state index in [-0.39, 0.29) is 5.54 Å². The minimum Gasteiger partial charge on any atom is -0.329 e. The third-order valence-electron chi connectivity index (χ3n) is 4.54. The van der Waals surface area contributed by atoms with Crippen LogP contribution in [0.25, 0.3) is 0 Å². The normalized spacial score (nSPS) is 43.5. The van der Waals surface area contributed by atoms with Crippen molar-refractivity contribution >= 4 is 0 Å². The van der Waals surface area contributed by atoms with E-state index in [0.717, 1.165) is 18.6 Å². The predicted molar refractivity (Wildman–Crippen MR) is 59.3 cm³/mol. The first-order chi connectivity index (χ1) is 6.59. The summed E-state index contributed by atoms with van der Waals surface area (Å²) in [5, 5.41) is 0. The van der Waals surface area contributed by atoms with Gasteiger partial charge in [-0.05, 0) is 46.8 Å². The summed E-state index contributed by atoms with van der Waals surface area (Å²) in [6.07, 6.45) is 5.25. The van der Waals surface area contributed by atoms with Gasteiger partial charge < -0.3 is 15.5 Å². The van der Waals surface area contributed by atoms with Crippen LogP contribution in [0.1, 0.15) is 25.7 Å². The molecule has 0 spiro atoms. The van der Waals surface area contributed by atoms with Crippen LogP contribution in [0.5, 0.6) is 0 Å². The monoisotopic (exact) mass is 197 g/mol. The second kappa shape index (κ2) is 3.47. The van der Waals surface area contributed by atoms with Crippen LogP contribution in [0, 0.1) is 0 Å². The molecule has 2 heterocycles. The standard InChI is InChI=1S/C11H23N3/c1-13(2)11(8-12)6-9-4-5-10(7-11)14(9)3/h9-10H,4-8,12H2,1-3H3. The van der Waals surface area contributed by atoms with Gasteiger partial charge in [-0.2, -0.15) is 0 Å². The van der Waals surface area contributed by atoms with Gasteiger partial charge in [0, 0.05) is 24.2 Å². The molecule has 2 aliphatic heterocycles. The van der Waals surface area contributed by atoms with Gasteiger partial charge in [0.2, 0.25) is 0 Å². The lowest BCUT2D eigenvalue weighted by Gasteiger charge is -2.48. The van der Waals surface area contributed by atoms with Crippen LogP contribution in [-0.2, 0) is 0 Å². The maximum absolute atomic E-state index is 5.98. The van der Waals surface area contributed by atoms with Crippen molar-refractivity contribution in [2.45, 2.75) is 43.3 Å². The molecule has 3 nitrogen and oxygen atoms in total. The summed E-state index contributed by atoms with van der Waals surface area (Å²) in [5.41, 5.74) is 6.25. The van der Waals surface area contributed by atoms with Crippen LogP contribution in [0.3, 0.4) is 0 Å². The Hall–Kier alpha value is -0.120. The van der Waals surface area contributed by atoms with Gasteiger partial charge in [-0.1, -0.05) is 0 Å². The van der Waals surface area contributed by atoms with E-state index in [9.17, 15) is 0 Å². The molecule has 2 fully saturated rings. The lowest BCUT2D eigenvalue weighted by molar-refractivity contribution is 0.0306. The Morgan fingerprint density at radius 2 is 1.79 bits per heavy atom. The Kier molecular flexibility index (Phi) is 2.58. The molecular formula is C11H23N3. The van der Waals surface area contributed by atoms with E-state index < -0.39 is 0 Å². The average Bonchev–Trinajstić information content (AvgIpc) is 2.42. The molecule has 2 rings (SSSR count). The predicted octanol–water partition coefficient (Wildman–Crippen LogP) is 0.502. The summed E-state index contributed by atoms with van der Waals surface area (Å²) in [6.45, 7) is 0.806. The van der Waals surface area contributed by atoms with Gasteiger partial charge in [-0.3, -0.25) is 0 Å². The molecule has 2 unspecified atom stereocenters. The maximum atomic E-state index is 5.98. The smallest absolute Gasteiger partial charge is 0.0355 e. The molecule has 14 heavy (non-hydrogen) atoms. The average molecular weight is 197 g/mol. The minimum atomic E-state index is 0.276. The zero-order valence-corrected chi connectivity index (χ0v) is 9.66. The van der Waals surface area contributed by atoms with Crippen LogP contribution in [0.15, 0.2) is 0 Å². The van der Waals surface area contributed by atoms with E-state index >= 15 is 0 Å². The van der Waals surface area contributed by atoms with Crippen LogP contribution in [0.2, 0.25) is 0 Å². The van der Waals surface area contributed by atoms with Crippen molar-refractivity contribution in [2.75, 3.05) is 27.7 Å². The fourth-order valence-corrected chi connectivity index (χ4v) is 3.26. The van der Waals surface area contributed by atoms with Crippen molar-refractivity contribution in [2.24, 2.45) is 5.73 Å². The van der Waals surface area contributed by atoms with Crippen LogP contribution in [0.4, 0.5) is 0 Å². The highest BCUT2D eigenvalue weighted by Gasteiger charge is 2.47. The summed E-state index contributed by atoms with van der Waals surface area (Å²) < 4.78 is 0. The van der Waals surface area contributed by atoms with E-state index in [1.807, 2.05) is 0 Å². The molecule has 2 atom stereocenters. The third-order valence-corrected chi connectivity index (χ3v) is 4.54. The van der Waals surface area contributed by atoms with Crippen LogP contribution in [-0.4, -0.2) is 55.1 Å². The van der Waals surface area contributed by atoms with Gasteiger partial charge in [0.1, 0.15) is 0 Å². The number of rotatable bonds is 2. The molecule has 0 aromatic heterocycles. The largest absolute Gasteiger partial charge is 0.329 e. The van der Waals surface area contributed by atoms with E-state index in [2.05, 4.69) is 30.9 Å². The topological polar surface area (TPSA) is 32.5 Å². The van der Waals surface area contributed by atoms with Crippen molar-refractivity contribution in [3.05, 3.63) is 0 Å². The molecule has 0 aromatic carbocycles. The van der Waals surface area contributed by atoms with Crippen LogP contribution >= 0.6 is 0 Å². The molecule has 0 amide bonds. The third kappa shape index (κ3) is 1.38. The van der Waals surface area contributed by atoms with E-state index in [1.165, 1.54) is 25.7 Å². The molecule has 3 heteroatoms. The van der Waals surface area contributed by atoms with Crippen molar-refractivity contribution in [3.8, 4) is 0 Å². The lowest BCUT2D eigenvalue weighted by atomic mass is 9.82. The molecular weight excluding hydrogens is 174 g/mol. The highest BCUT2D eigenvalue weighted by molar-refractivity contribution is 5.05. The van der Waals surface area contributed by atoms with Crippen LogP contribution < -0.4 is 5.73 Å². The Balaban J connectivity index is 2.17. The van der Waals surface area contributed by atoms with Gasteiger partial charge in [0.05, 0.1) is 0 Å². The zero-order valence-electron chi connectivity index (χ0n) is 9.66. The number of hydrogen-bond acceptors (Lipinski definition) is 3. The van der Waals surface area contributed by atoms with E-state index in [4.69, 9.17) is 5.73 Å². The summed E-state index contributed by atoms with van der Waals surface area (Å²) >= 11 is 0. The van der Waals surface area contributed by atoms with Crippen molar-refractivity contribution in [1.29, 1.82) is 0 Å². The van der Waals surface area contributed by atoms with E-state index in [0.29, 0.717) is 0 Å². The summed E-state index contributed by atoms with van der Waals surface area (Å²) in [7, 11) is 6.63. The van der Waals surface area contributed by atoms with Gasteiger partial charge in [-0.15, -0.1) is 0 Å². The minimum absolute atomic E-state index is 0.276. The molecule has 2 N–H and O–H groups in total. The number of nitrogens with zero attached hydrogens (tertiary/aromatic N) is 2. The Morgan fingerprint density at radius 3 is 2.14 bits per heavy atom. The molecule has 2 aliphatic rings. The first-order valence-electron chi connectivity index (χ1n) is 5.68. The molecule has 2 saturated heterocycles. The van der Waals surface area contributed by atoms with Gasteiger partial charge >= 0.3 is 0 Å². The fourth-order valence-electron chi connectivity index (χ4n) is 3.26. The lowest BCUT2D eigenvalue weighted by Crippen LogP contribution is -2.59. The Bertz CT molecular complexity index is 201. The second-order valence-corrected chi connectivity index (χ2v) is 5.28. The highest BCUT2D eigenvalue weighted by atomic mass is 15.3. The second-order valence-electron chi connectivity index (χ2n) is 5.28. The van der Waals surface area contributed by atoms with Crippen molar-refractivity contribution in [1.82, 2.24) is 9.80 Å².